The van der Waals surface area contributed by atoms with Crippen molar-refractivity contribution in [3.8, 4) is 5.75 Å². The summed E-state index contributed by atoms with van der Waals surface area (Å²) >= 11 is 0. The zero-order chi connectivity index (χ0) is 26.5. The van der Waals surface area contributed by atoms with Crippen LogP contribution in [0.25, 0.3) is 0 Å². The highest BCUT2D eigenvalue weighted by Crippen LogP contribution is 2.38. The number of hydrogen-bond donors (Lipinski definition) is 3. The number of rotatable bonds is 10. The van der Waals surface area contributed by atoms with Crippen molar-refractivity contribution in [1.82, 2.24) is 0 Å². The lowest BCUT2D eigenvalue weighted by Gasteiger charge is -2.18. The van der Waals surface area contributed by atoms with E-state index in [1.807, 2.05) is 0 Å². The molecule has 0 heterocycles. The van der Waals surface area contributed by atoms with Gasteiger partial charge in [0.2, 0.25) is 5.91 Å². The van der Waals surface area contributed by atoms with E-state index in [2.05, 4.69) is 10.0 Å². The van der Waals surface area contributed by atoms with Crippen molar-refractivity contribution in [2.45, 2.75) is 30.3 Å². The Morgan fingerprint density at radius 1 is 1.08 bits per heavy atom. The lowest BCUT2D eigenvalue weighted by molar-refractivity contribution is -0.118. The maximum Gasteiger partial charge on any atom is 0.284 e. The van der Waals surface area contributed by atoms with Crippen LogP contribution in [0, 0.1) is 6.92 Å². The van der Waals surface area contributed by atoms with Crippen LogP contribution in [0.4, 0.5) is 20.2 Å². The summed E-state index contributed by atoms with van der Waals surface area (Å²) in [4.78, 5) is 12.5. The van der Waals surface area contributed by atoms with Gasteiger partial charge in [-0.1, -0.05) is 45.6 Å². The van der Waals surface area contributed by atoms with Gasteiger partial charge in [-0.05, 0) is 49.2 Å². The molecule has 2 atom stereocenters. The number of carbonyl (C=O) groups is 1. The molecule has 0 radical (unpaired) electrons. The molecular weight excluding hydrogens is 509 g/mol. The average Bonchev–Trinajstić information content (AvgIpc) is 2.81. The molecule has 1 amide bonds. The number of amides is 1. The van der Waals surface area contributed by atoms with Gasteiger partial charge in [0.25, 0.3) is 15.7 Å². The molecule has 3 N–H and O–H groups in total. The normalized spacial score (nSPS) is 12.6. The highest BCUT2D eigenvalue weighted by Gasteiger charge is 2.28. The first-order valence-electron chi connectivity index (χ1n) is 11.0. The predicted octanol–water partition coefficient (Wildman–Crippen LogP) is 4.83. The highest BCUT2D eigenvalue weighted by atomic mass is 32.2. The smallest absolute Gasteiger partial charge is 0.284 e. The van der Waals surface area contributed by atoms with Crippen molar-refractivity contribution in [2.75, 3.05) is 23.3 Å². The zero-order valence-corrected chi connectivity index (χ0v) is 21.6. The van der Waals surface area contributed by atoms with Crippen molar-refractivity contribution >= 4 is 36.5 Å². The van der Waals surface area contributed by atoms with Crippen LogP contribution in [0.5, 0.6) is 5.75 Å². The van der Waals surface area contributed by atoms with E-state index in [1.165, 1.54) is 46.5 Å². The van der Waals surface area contributed by atoms with Gasteiger partial charge in [0.05, 0.1) is 19.1 Å². The molecule has 11 heteroatoms. The third-order valence-corrected chi connectivity index (χ3v) is 7.08. The number of halogens is 2. The number of aryl methyl sites for hydroxylation is 1. The van der Waals surface area contributed by atoms with Crippen molar-refractivity contribution in [3.63, 3.8) is 0 Å². The maximum absolute atomic E-state index is 13.9. The Bertz CT molecular complexity index is 1330. The van der Waals surface area contributed by atoms with Crippen LogP contribution in [0.1, 0.15) is 29.5 Å². The van der Waals surface area contributed by atoms with Gasteiger partial charge < -0.3 is 15.2 Å². The Kier molecular flexibility index (Phi) is 8.66. The SMILES string of the molecule is CCOc1cc(NC(=O)[C@@H](CO)c2ccccc2)ccc1S(=O)(=O)Nc1ccc(C)c(C(F)(F)P)c1. The average molecular weight is 537 g/mol. The van der Waals surface area contributed by atoms with Gasteiger partial charge in [-0.25, -0.2) is 8.42 Å². The topological polar surface area (TPSA) is 105 Å². The molecule has 3 aromatic rings. The van der Waals surface area contributed by atoms with E-state index in [0.29, 0.717) is 11.1 Å². The van der Waals surface area contributed by atoms with Crippen molar-refractivity contribution in [2.24, 2.45) is 0 Å². The maximum atomic E-state index is 13.9. The second-order valence-corrected chi connectivity index (χ2v) is 10.4. The van der Waals surface area contributed by atoms with E-state index < -0.39 is 34.1 Å². The lowest BCUT2D eigenvalue weighted by atomic mass is 9.99. The van der Waals surface area contributed by atoms with Gasteiger partial charge in [-0.2, -0.15) is 8.78 Å². The summed E-state index contributed by atoms with van der Waals surface area (Å²) in [6, 6.07) is 16.6. The number of alkyl halides is 2. The standard InChI is InChI=1S/C25H27F2N2O5PS/c1-3-34-22-14-18(28-24(31)20(15-30)17-7-5-4-6-8-17)11-12-23(22)36(32,33)29-19-10-9-16(2)21(13-19)25(26,27)35/h4-14,20,29-30H,3,15,35H2,1-2H3,(H,28,31)/t20-/m0/s1. The largest absolute Gasteiger partial charge is 0.492 e. The van der Waals surface area contributed by atoms with Crippen molar-refractivity contribution < 1.29 is 31.8 Å². The molecular formula is C25H27F2N2O5PS. The fourth-order valence-electron chi connectivity index (χ4n) is 3.59. The first-order chi connectivity index (χ1) is 17.0. The molecule has 7 nitrogen and oxygen atoms in total. The summed E-state index contributed by atoms with van der Waals surface area (Å²) in [5.74, 6) is -1.34. The number of aliphatic hydroxyl groups is 1. The second-order valence-electron chi connectivity index (χ2n) is 7.99. The minimum atomic E-state index is -4.23. The van der Waals surface area contributed by atoms with Gasteiger partial charge in [-0.3, -0.25) is 9.52 Å². The molecule has 192 valence electrons. The summed E-state index contributed by atoms with van der Waals surface area (Å²) in [6.45, 7) is 2.89. The molecule has 0 bridgehead atoms. The fraction of sp³-hybridized carbons (Fsp3) is 0.240. The van der Waals surface area contributed by atoms with E-state index >= 15 is 0 Å². The number of ether oxygens (including phenoxy) is 1. The van der Waals surface area contributed by atoms with Gasteiger partial charge in [0.15, 0.2) is 0 Å². The number of nitrogens with one attached hydrogen (secondary N) is 2. The summed E-state index contributed by atoms with van der Waals surface area (Å²) in [7, 11) is -2.79. The van der Waals surface area contributed by atoms with Crippen molar-refractivity contribution in [3.05, 3.63) is 83.4 Å². The third-order valence-electron chi connectivity index (χ3n) is 5.35. The number of sulfonamides is 1. The number of carbonyl (C=O) groups excluding carboxylic acids is 1. The quantitative estimate of drug-likeness (QED) is 0.322. The van der Waals surface area contributed by atoms with E-state index in [0.717, 1.165) is 6.07 Å². The van der Waals surface area contributed by atoms with Gasteiger partial charge >= 0.3 is 0 Å². The van der Waals surface area contributed by atoms with Crippen LogP contribution in [0.15, 0.2) is 71.6 Å². The minimum absolute atomic E-state index is 0.0354. The molecule has 0 spiro atoms. The molecule has 1 unspecified atom stereocenters. The van der Waals surface area contributed by atoms with Crippen LogP contribution in [0.3, 0.4) is 0 Å². The summed E-state index contributed by atoms with van der Waals surface area (Å²) in [6.07, 6.45) is 0. The van der Waals surface area contributed by atoms with Crippen LogP contribution < -0.4 is 14.8 Å². The number of hydrogen-bond acceptors (Lipinski definition) is 5. The van der Waals surface area contributed by atoms with Crippen LogP contribution in [-0.2, 0) is 20.5 Å². The molecule has 0 saturated heterocycles. The second kappa shape index (κ2) is 11.3. The first kappa shape index (κ1) is 27.5. The Morgan fingerprint density at radius 2 is 1.75 bits per heavy atom. The van der Waals surface area contributed by atoms with E-state index in [4.69, 9.17) is 4.74 Å². The van der Waals surface area contributed by atoms with E-state index in [9.17, 15) is 27.1 Å². The Hall–Kier alpha value is -3.07. The summed E-state index contributed by atoms with van der Waals surface area (Å²) < 4.78 is 61.8. The number of benzene rings is 3. The molecule has 0 aliphatic rings. The molecule has 0 saturated carbocycles. The minimum Gasteiger partial charge on any atom is -0.492 e. The first-order valence-corrected chi connectivity index (χ1v) is 13.1. The molecule has 3 aromatic carbocycles. The molecule has 3 rings (SSSR count). The van der Waals surface area contributed by atoms with Crippen molar-refractivity contribution in [1.29, 1.82) is 0 Å². The highest BCUT2D eigenvalue weighted by molar-refractivity contribution is 7.92. The van der Waals surface area contributed by atoms with Gasteiger partial charge in [-0.15, -0.1) is 0 Å². The van der Waals surface area contributed by atoms with E-state index in [-0.39, 0.29) is 34.2 Å². The molecule has 36 heavy (non-hydrogen) atoms. The lowest BCUT2D eigenvalue weighted by Crippen LogP contribution is -2.24. The zero-order valence-electron chi connectivity index (χ0n) is 19.7. The van der Waals surface area contributed by atoms with E-state index in [1.54, 1.807) is 37.3 Å². The van der Waals surface area contributed by atoms with Crippen LogP contribution in [-0.4, -0.2) is 32.6 Å². The van der Waals surface area contributed by atoms with Crippen LogP contribution >= 0.6 is 9.24 Å². The molecule has 0 aromatic heterocycles. The Labute approximate surface area is 211 Å². The number of anilines is 2. The summed E-state index contributed by atoms with van der Waals surface area (Å²) in [5.41, 5.74) is -2.39. The molecule has 0 aliphatic carbocycles. The van der Waals surface area contributed by atoms with Gasteiger partial charge in [0, 0.05) is 23.0 Å². The monoisotopic (exact) mass is 536 g/mol. The summed E-state index contributed by atoms with van der Waals surface area (Å²) in [5, 5.41) is 12.4. The van der Waals surface area contributed by atoms with Gasteiger partial charge in [0.1, 0.15) is 10.6 Å². The number of aliphatic hydroxyl groups excluding tert-OH is 1. The third kappa shape index (κ3) is 6.57. The Balaban J connectivity index is 1.88. The van der Waals surface area contributed by atoms with Crippen LogP contribution in [0.2, 0.25) is 0 Å². The predicted molar refractivity (Wildman–Crippen MR) is 138 cm³/mol. The molecule has 0 fully saturated rings. The Morgan fingerprint density at radius 3 is 2.36 bits per heavy atom. The molecule has 0 aliphatic heterocycles. The fourth-order valence-corrected chi connectivity index (χ4v) is 5.07.